The lowest BCUT2D eigenvalue weighted by Crippen LogP contribution is -2.46. The van der Waals surface area contributed by atoms with E-state index in [9.17, 15) is 4.79 Å². The van der Waals surface area contributed by atoms with Crippen LogP contribution in [0.1, 0.15) is 42.5 Å². The molecule has 1 atom stereocenters. The monoisotopic (exact) mass is 342 g/mol. The Labute approximate surface area is 144 Å². The number of rotatable bonds is 6. The number of halogens is 1. The van der Waals surface area contributed by atoms with Crippen molar-refractivity contribution in [1.29, 1.82) is 0 Å². The van der Waals surface area contributed by atoms with Crippen LogP contribution in [0.4, 0.5) is 0 Å². The van der Waals surface area contributed by atoms with Crippen molar-refractivity contribution < 1.29 is 14.3 Å². The number of methoxy groups -OCH3 is 2. The topological polar surface area (TPSA) is 73.6 Å². The Hall–Kier alpha value is -1.46. The molecule has 0 bridgehead atoms. The molecule has 130 valence electrons. The standard InChI is InChI=1S/C17H26N2O3.ClH/c1-21-13-8-9-14(16(10-13)22-2)17(20)19-15(11-18)12-6-4-3-5-7-12;/h8-10,12,15H,3-7,11,18H2,1-2H3,(H,19,20);1H. The summed E-state index contributed by atoms with van der Waals surface area (Å²) >= 11 is 0. The Morgan fingerprint density at radius 2 is 1.96 bits per heavy atom. The SMILES string of the molecule is COc1ccc(C(=O)NC(CN)C2CCCCC2)c(OC)c1.Cl. The number of benzene rings is 1. The van der Waals surface area contributed by atoms with Crippen molar-refractivity contribution in [1.82, 2.24) is 5.32 Å². The minimum Gasteiger partial charge on any atom is -0.497 e. The summed E-state index contributed by atoms with van der Waals surface area (Å²) in [6.07, 6.45) is 6.02. The summed E-state index contributed by atoms with van der Waals surface area (Å²) in [6, 6.07) is 5.23. The van der Waals surface area contributed by atoms with Gasteiger partial charge in [-0.15, -0.1) is 12.4 Å². The van der Waals surface area contributed by atoms with E-state index < -0.39 is 0 Å². The smallest absolute Gasteiger partial charge is 0.255 e. The average molecular weight is 343 g/mol. The molecule has 23 heavy (non-hydrogen) atoms. The Kier molecular flexibility index (Phi) is 8.20. The van der Waals surface area contributed by atoms with Gasteiger partial charge in [-0.05, 0) is 30.9 Å². The van der Waals surface area contributed by atoms with Gasteiger partial charge in [0, 0.05) is 18.7 Å². The molecular formula is C17H27ClN2O3. The van der Waals surface area contributed by atoms with Gasteiger partial charge in [-0.25, -0.2) is 0 Å². The summed E-state index contributed by atoms with van der Waals surface area (Å²) in [5, 5.41) is 3.08. The summed E-state index contributed by atoms with van der Waals surface area (Å²) in [6.45, 7) is 0.467. The Morgan fingerprint density at radius 3 is 2.52 bits per heavy atom. The van der Waals surface area contributed by atoms with Crippen LogP contribution in [0, 0.1) is 5.92 Å². The molecule has 1 unspecified atom stereocenters. The van der Waals surface area contributed by atoms with Crippen molar-refractivity contribution in [3.05, 3.63) is 23.8 Å². The normalized spacial score (nSPS) is 16.1. The van der Waals surface area contributed by atoms with Crippen molar-refractivity contribution in [2.24, 2.45) is 11.7 Å². The highest BCUT2D eigenvalue weighted by molar-refractivity contribution is 5.97. The molecule has 1 saturated carbocycles. The molecule has 3 N–H and O–H groups in total. The lowest BCUT2D eigenvalue weighted by Gasteiger charge is -2.30. The molecule has 1 aliphatic rings. The van der Waals surface area contributed by atoms with Crippen LogP contribution < -0.4 is 20.5 Å². The first-order chi connectivity index (χ1) is 10.7. The second kappa shape index (κ2) is 9.63. The molecule has 5 nitrogen and oxygen atoms in total. The summed E-state index contributed by atoms with van der Waals surface area (Å²) in [5.41, 5.74) is 6.39. The Morgan fingerprint density at radius 1 is 1.26 bits per heavy atom. The number of amides is 1. The first kappa shape index (κ1) is 19.6. The van der Waals surface area contributed by atoms with Gasteiger partial charge in [0.05, 0.1) is 19.8 Å². The number of carbonyl (C=O) groups excluding carboxylic acids is 1. The van der Waals surface area contributed by atoms with Gasteiger partial charge in [0.1, 0.15) is 11.5 Å². The zero-order chi connectivity index (χ0) is 15.9. The van der Waals surface area contributed by atoms with E-state index >= 15 is 0 Å². The maximum Gasteiger partial charge on any atom is 0.255 e. The second-order valence-electron chi connectivity index (χ2n) is 5.78. The predicted octanol–water partition coefficient (Wildman–Crippen LogP) is 2.76. The van der Waals surface area contributed by atoms with Gasteiger partial charge < -0.3 is 20.5 Å². The number of ether oxygens (including phenoxy) is 2. The van der Waals surface area contributed by atoms with Crippen LogP contribution in [0.2, 0.25) is 0 Å². The highest BCUT2D eigenvalue weighted by Gasteiger charge is 2.25. The third kappa shape index (κ3) is 5.01. The van der Waals surface area contributed by atoms with Crippen LogP contribution in [0.15, 0.2) is 18.2 Å². The van der Waals surface area contributed by atoms with E-state index in [1.165, 1.54) is 19.3 Å². The first-order valence-electron chi connectivity index (χ1n) is 7.92. The maximum atomic E-state index is 12.5. The van der Waals surface area contributed by atoms with Gasteiger partial charge in [-0.2, -0.15) is 0 Å². The highest BCUT2D eigenvalue weighted by atomic mass is 35.5. The van der Waals surface area contributed by atoms with Crippen LogP contribution in [0.3, 0.4) is 0 Å². The summed E-state index contributed by atoms with van der Waals surface area (Å²) in [5.74, 6) is 1.51. The lowest BCUT2D eigenvalue weighted by molar-refractivity contribution is 0.0912. The lowest BCUT2D eigenvalue weighted by atomic mass is 9.84. The fraction of sp³-hybridized carbons (Fsp3) is 0.588. The molecule has 1 amide bonds. The average Bonchev–Trinajstić information content (AvgIpc) is 2.59. The van der Waals surface area contributed by atoms with Gasteiger partial charge in [-0.1, -0.05) is 19.3 Å². The largest absolute Gasteiger partial charge is 0.497 e. The van der Waals surface area contributed by atoms with E-state index in [4.69, 9.17) is 15.2 Å². The molecule has 0 spiro atoms. The van der Waals surface area contributed by atoms with E-state index in [2.05, 4.69) is 5.32 Å². The maximum absolute atomic E-state index is 12.5. The van der Waals surface area contributed by atoms with Gasteiger partial charge in [-0.3, -0.25) is 4.79 Å². The minimum absolute atomic E-state index is 0. The molecule has 1 aromatic rings. The van der Waals surface area contributed by atoms with Crippen molar-refractivity contribution >= 4 is 18.3 Å². The third-order valence-electron chi connectivity index (χ3n) is 4.44. The van der Waals surface area contributed by atoms with Gasteiger partial charge in [0.25, 0.3) is 5.91 Å². The van der Waals surface area contributed by atoms with Gasteiger partial charge >= 0.3 is 0 Å². The molecule has 0 saturated heterocycles. The van der Waals surface area contributed by atoms with E-state index in [-0.39, 0.29) is 24.4 Å². The highest BCUT2D eigenvalue weighted by Crippen LogP contribution is 2.28. The van der Waals surface area contributed by atoms with Crippen molar-refractivity contribution in [3.8, 4) is 11.5 Å². The number of nitrogens with one attached hydrogen (secondary N) is 1. The van der Waals surface area contributed by atoms with Crippen molar-refractivity contribution in [3.63, 3.8) is 0 Å². The van der Waals surface area contributed by atoms with E-state index in [1.54, 1.807) is 32.4 Å². The second-order valence-corrected chi connectivity index (χ2v) is 5.78. The molecule has 1 aromatic carbocycles. The number of hydrogen-bond acceptors (Lipinski definition) is 4. The fourth-order valence-electron chi connectivity index (χ4n) is 3.14. The van der Waals surface area contributed by atoms with Crippen LogP contribution >= 0.6 is 12.4 Å². The summed E-state index contributed by atoms with van der Waals surface area (Å²) in [7, 11) is 3.13. The zero-order valence-electron chi connectivity index (χ0n) is 13.8. The van der Waals surface area contributed by atoms with Crippen LogP contribution in [-0.2, 0) is 0 Å². The van der Waals surface area contributed by atoms with Crippen LogP contribution in [0.5, 0.6) is 11.5 Å². The minimum atomic E-state index is -0.138. The molecule has 0 aliphatic heterocycles. The summed E-state index contributed by atoms with van der Waals surface area (Å²) in [4.78, 5) is 12.5. The number of hydrogen-bond donors (Lipinski definition) is 2. The van der Waals surface area contributed by atoms with Crippen molar-refractivity contribution in [2.75, 3.05) is 20.8 Å². The molecule has 1 fully saturated rings. The molecule has 0 radical (unpaired) electrons. The first-order valence-corrected chi connectivity index (χ1v) is 7.92. The van der Waals surface area contributed by atoms with E-state index in [0.717, 1.165) is 12.8 Å². The fourth-order valence-corrected chi connectivity index (χ4v) is 3.14. The number of nitrogens with two attached hydrogens (primary N) is 1. The third-order valence-corrected chi connectivity index (χ3v) is 4.44. The quantitative estimate of drug-likeness (QED) is 0.833. The van der Waals surface area contributed by atoms with Crippen molar-refractivity contribution in [2.45, 2.75) is 38.1 Å². The Balaban J connectivity index is 0.00000264. The predicted molar refractivity (Wildman–Crippen MR) is 93.7 cm³/mol. The Bertz CT molecular complexity index is 505. The van der Waals surface area contributed by atoms with Crippen LogP contribution in [-0.4, -0.2) is 32.7 Å². The summed E-state index contributed by atoms with van der Waals surface area (Å²) < 4.78 is 10.5. The molecule has 6 heteroatoms. The molecule has 1 aliphatic carbocycles. The van der Waals surface area contributed by atoms with E-state index in [1.807, 2.05) is 0 Å². The molecule has 0 heterocycles. The molecule has 0 aromatic heterocycles. The molecular weight excluding hydrogens is 316 g/mol. The van der Waals surface area contributed by atoms with Gasteiger partial charge in [0.2, 0.25) is 0 Å². The van der Waals surface area contributed by atoms with E-state index in [0.29, 0.717) is 29.5 Å². The number of carbonyl (C=O) groups is 1. The molecule has 2 rings (SSSR count). The van der Waals surface area contributed by atoms with Gasteiger partial charge in [0.15, 0.2) is 0 Å². The zero-order valence-corrected chi connectivity index (χ0v) is 14.7. The van der Waals surface area contributed by atoms with Crippen LogP contribution in [0.25, 0.3) is 0 Å².